The topological polar surface area (TPSA) is 77.1 Å². The Kier molecular flexibility index (Phi) is 6.29. The van der Waals surface area contributed by atoms with Crippen molar-refractivity contribution >= 4 is 11.6 Å². The lowest BCUT2D eigenvalue weighted by molar-refractivity contribution is -0.117. The molecule has 1 rings (SSSR count). The van der Waals surface area contributed by atoms with Crippen molar-refractivity contribution in [2.24, 2.45) is 11.7 Å². The SMILES string of the molecule is CCCn1cc(NC(=O)CC(CC)CN)ccc1=O. The summed E-state index contributed by atoms with van der Waals surface area (Å²) in [6.45, 7) is 5.19. The average Bonchev–Trinajstić information content (AvgIpc) is 2.40. The predicted molar refractivity (Wildman–Crippen MR) is 77.1 cm³/mol. The molecule has 0 aliphatic heterocycles. The molecule has 0 radical (unpaired) electrons. The van der Waals surface area contributed by atoms with Crippen molar-refractivity contribution in [1.29, 1.82) is 0 Å². The Bertz CT molecular complexity index is 464. The molecule has 0 saturated carbocycles. The van der Waals surface area contributed by atoms with E-state index in [1.807, 2.05) is 13.8 Å². The number of nitrogens with zero attached hydrogens (tertiary/aromatic N) is 1. The molecule has 1 aromatic heterocycles. The third kappa shape index (κ3) is 4.87. The van der Waals surface area contributed by atoms with Crippen LogP contribution in [-0.2, 0) is 11.3 Å². The molecule has 5 nitrogen and oxygen atoms in total. The molecule has 0 aliphatic carbocycles. The number of nitrogens with two attached hydrogens (primary N) is 1. The molecule has 5 heteroatoms. The number of pyridine rings is 1. The number of anilines is 1. The summed E-state index contributed by atoms with van der Waals surface area (Å²) in [5.74, 6) is 0.153. The van der Waals surface area contributed by atoms with Crippen LogP contribution in [0, 0.1) is 5.92 Å². The highest BCUT2D eigenvalue weighted by Gasteiger charge is 2.11. The van der Waals surface area contributed by atoms with Crippen molar-refractivity contribution in [2.75, 3.05) is 11.9 Å². The van der Waals surface area contributed by atoms with Crippen LogP contribution < -0.4 is 16.6 Å². The molecule has 0 saturated heterocycles. The van der Waals surface area contributed by atoms with E-state index in [4.69, 9.17) is 5.73 Å². The second-order valence-corrected chi connectivity index (χ2v) is 4.71. The van der Waals surface area contributed by atoms with Gasteiger partial charge in [-0.05, 0) is 24.9 Å². The Labute approximate surface area is 113 Å². The zero-order chi connectivity index (χ0) is 14.3. The van der Waals surface area contributed by atoms with Gasteiger partial charge in [-0.15, -0.1) is 0 Å². The predicted octanol–water partition coefficient (Wildman–Crippen LogP) is 1.57. The first-order valence-corrected chi connectivity index (χ1v) is 6.81. The van der Waals surface area contributed by atoms with Crippen molar-refractivity contribution in [3.8, 4) is 0 Å². The van der Waals surface area contributed by atoms with Crippen LogP contribution in [0.25, 0.3) is 0 Å². The molecule has 106 valence electrons. The van der Waals surface area contributed by atoms with E-state index in [0.29, 0.717) is 25.2 Å². The number of carbonyl (C=O) groups excluding carboxylic acids is 1. The van der Waals surface area contributed by atoms with Crippen molar-refractivity contribution in [3.63, 3.8) is 0 Å². The van der Waals surface area contributed by atoms with Gasteiger partial charge in [0.15, 0.2) is 0 Å². The highest BCUT2D eigenvalue weighted by molar-refractivity contribution is 5.90. The number of hydrogen-bond donors (Lipinski definition) is 2. The summed E-state index contributed by atoms with van der Waals surface area (Å²) in [5, 5.41) is 2.81. The molecule has 0 aromatic carbocycles. The van der Waals surface area contributed by atoms with Gasteiger partial charge in [0.05, 0.1) is 5.69 Å². The van der Waals surface area contributed by atoms with Gasteiger partial charge >= 0.3 is 0 Å². The third-order valence-electron chi connectivity index (χ3n) is 3.12. The zero-order valence-electron chi connectivity index (χ0n) is 11.7. The molecule has 1 unspecified atom stereocenters. The van der Waals surface area contributed by atoms with E-state index in [-0.39, 0.29) is 17.4 Å². The number of hydrogen-bond acceptors (Lipinski definition) is 3. The van der Waals surface area contributed by atoms with E-state index in [0.717, 1.165) is 12.8 Å². The minimum atomic E-state index is -0.0565. The first-order chi connectivity index (χ1) is 9.10. The highest BCUT2D eigenvalue weighted by atomic mass is 16.1. The van der Waals surface area contributed by atoms with Gasteiger partial charge in [-0.25, -0.2) is 0 Å². The fraction of sp³-hybridized carbons (Fsp3) is 0.571. The molecule has 19 heavy (non-hydrogen) atoms. The van der Waals surface area contributed by atoms with Crippen molar-refractivity contribution in [2.45, 2.75) is 39.7 Å². The molecule has 3 N–H and O–H groups in total. The molecule has 1 heterocycles. The van der Waals surface area contributed by atoms with E-state index in [9.17, 15) is 9.59 Å². The Hall–Kier alpha value is -1.62. The van der Waals surface area contributed by atoms with E-state index >= 15 is 0 Å². The maximum Gasteiger partial charge on any atom is 0.250 e. The van der Waals surface area contributed by atoms with Gasteiger partial charge in [0.25, 0.3) is 5.56 Å². The first-order valence-electron chi connectivity index (χ1n) is 6.81. The van der Waals surface area contributed by atoms with Gasteiger partial charge in [-0.3, -0.25) is 9.59 Å². The smallest absolute Gasteiger partial charge is 0.250 e. The lowest BCUT2D eigenvalue weighted by Crippen LogP contribution is -2.23. The normalized spacial score (nSPS) is 12.2. The van der Waals surface area contributed by atoms with E-state index in [1.165, 1.54) is 6.07 Å². The van der Waals surface area contributed by atoms with Gasteiger partial charge in [-0.1, -0.05) is 20.3 Å². The summed E-state index contributed by atoms with van der Waals surface area (Å²) in [6.07, 6.45) is 3.87. The number of carbonyl (C=O) groups is 1. The van der Waals surface area contributed by atoms with Crippen LogP contribution in [0.1, 0.15) is 33.1 Å². The van der Waals surface area contributed by atoms with Crippen LogP contribution in [0.15, 0.2) is 23.1 Å². The van der Waals surface area contributed by atoms with Crippen molar-refractivity contribution < 1.29 is 4.79 Å². The molecule has 0 fully saturated rings. The highest BCUT2D eigenvalue weighted by Crippen LogP contribution is 2.09. The molecule has 1 atom stereocenters. The summed E-state index contributed by atoms with van der Waals surface area (Å²) >= 11 is 0. The summed E-state index contributed by atoms with van der Waals surface area (Å²) in [6, 6.07) is 3.11. The fourth-order valence-corrected chi connectivity index (χ4v) is 1.89. The van der Waals surface area contributed by atoms with E-state index in [2.05, 4.69) is 5.32 Å². The van der Waals surface area contributed by atoms with Crippen LogP contribution in [0.5, 0.6) is 0 Å². The summed E-state index contributed by atoms with van der Waals surface area (Å²) < 4.78 is 1.61. The van der Waals surface area contributed by atoms with Gasteiger partial charge in [-0.2, -0.15) is 0 Å². The molecule has 1 aromatic rings. The van der Waals surface area contributed by atoms with Gasteiger partial charge in [0.1, 0.15) is 0 Å². The Balaban J connectivity index is 2.69. The van der Waals surface area contributed by atoms with E-state index < -0.39 is 0 Å². The van der Waals surface area contributed by atoms with Crippen LogP contribution in [0.4, 0.5) is 5.69 Å². The Morgan fingerprint density at radius 1 is 1.42 bits per heavy atom. The number of aryl methyl sites for hydroxylation is 1. The first kappa shape index (κ1) is 15.4. The van der Waals surface area contributed by atoms with Crippen LogP contribution in [0.3, 0.4) is 0 Å². The van der Waals surface area contributed by atoms with Crippen LogP contribution in [0.2, 0.25) is 0 Å². The van der Waals surface area contributed by atoms with Gasteiger partial charge < -0.3 is 15.6 Å². The van der Waals surface area contributed by atoms with Crippen molar-refractivity contribution in [3.05, 3.63) is 28.7 Å². The minimum Gasteiger partial charge on any atom is -0.330 e. The summed E-state index contributed by atoms with van der Waals surface area (Å²) in [4.78, 5) is 23.4. The molecule has 0 aliphatic rings. The molecule has 1 amide bonds. The van der Waals surface area contributed by atoms with Crippen LogP contribution in [-0.4, -0.2) is 17.0 Å². The lowest BCUT2D eigenvalue weighted by Gasteiger charge is -2.13. The molecular formula is C14H23N3O2. The Morgan fingerprint density at radius 2 is 2.16 bits per heavy atom. The van der Waals surface area contributed by atoms with E-state index in [1.54, 1.807) is 16.8 Å². The fourth-order valence-electron chi connectivity index (χ4n) is 1.89. The second-order valence-electron chi connectivity index (χ2n) is 4.71. The monoisotopic (exact) mass is 265 g/mol. The minimum absolute atomic E-state index is 0.0479. The van der Waals surface area contributed by atoms with Crippen LogP contribution >= 0.6 is 0 Å². The van der Waals surface area contributed by atoms with Crippen molar-refractivity contribution in [1.82, 2.24) is 4.57 Å². The van der Waals surface area contributed by atoms with Gasteiger partial charge in [0.2, 0.25) is 5.91 Å². The maximum absolute atomic E-state index is 11.8. The Morgan fingerprint density at radius 3 is 2.74 bits per heavy atom. The maximum atomic E-state index is 11.8. The second kappa shape index (κ2) is 7.74. The van der Waals surface area contributed by atoms with Gasteiger partial charge in [0, 0.05) is 25.2 Å². The number of nitrogens with one attached hydrogen (secondary N) is 1. The molecule has 0 bridgehead atoms. The summed E-state index contributed by atoms with van der Waals surface area (Å²) in [7, 11) is 0. The quantitative estimate of drug-likeness (QED) is 0.785. The zero-order valence-corrected chi connectivity index (χ0v) is 11.7. The number of amides is 1. The lowest BCUT2D eigenvalue weighted by atomic mass is 10.0. The average molecular weight is 265 g/mol. The summed E-state index contributed by atoms with van der Waals surface area (Å²) in [5.41, 5.74) is 6.19. The standard InChI is InChI=1S/C14H23N3O2/c1-3-7-17-10-12(5-6-14(17)19)16-13(18)8-11(4-2)9-15/h5-6,10-11H,3-4,7-9,15H2,1-2H3,(H,16,18). The molecular weight excluding hydrogens is 242 g/mol. The number of aromatic nitrogens is 1. The molecule has 0 spiro atoms. The largest absolute Gasteiger partial charge is 0.330 e. The third-order valence-corrected chi connectivity index (χ3v) is 3.12. The number of rotatable bonds is 7.